The highest BCUT2D eigenvalue weighted by Crippen LogP contribution is 2.35. The summed E-state index contributed by atoms with van der Waals surface area (Å²) in [6.45, 7) is 0.799. The van der Waals surface area contributed by atoms with Gasteiger partial charge in [-0.25, -0.2) is 0 Å². The molecule has 3 nitrogen and oxygen atoms in total. The van der Waals surface area contributed by atoms with Gasteiger partial charge in [0.2, 0.25) is 5.91 Å². The summed E-state index contributed by atoms with van der Waals surface area (Å²) in [4.78, 5) is 14.4. The molecule has 1 fully saturated rings. The Hall–Kier alpha value is -1.51. The van der Waals surface area contributed by atoms with Crippen LogP contribution in [-0.2, 0) is 11.2 Å². The van der Waals surface area contributed by atoms with Gasteiger partial charge in [-0.1, -0.05) is 44.2 Å². The number of nitrogens with two attached hydrogens (primary N) is 1. The van der Waals surface area contributed by atoms with Crippen LogP contribution in [0.4, 0.5) is 11.4 Å². The Morgan fingerprint density at radius 2 is 2.05 bits per heavy atom. The molecular formula is C17H24N2O. The highest BCUT2D eigenvalue weighted by Gasteiger charge is 2.26. The minimum Gasteiger partial charge on any atom is -0.397 e. The summed E-state index contributed by atoms with van der Waals surface area (Å²) in [5.41, 5.74) is 8.98. The third-order valence-electron chi connectivity index (χ3n) is 4.82. The number of fused-ring (bicyclic) bond motifs is 1. The normalized spacial score (nSPS) is 19.1. The maximum atomic E-state index is 12.5. The molecule has 108 valence electrons. The average Bonchev–Trinajstić information content (AvgIpc) is 2.91. The van der Waals surface area contributed by atoms with Crippen molar-refractivity contribution in [3.63, 3.8) is 0 Å². The molecule has 0 unspecified atom stereocenters. The van der Waals surface area contributed by atoms with Crippen molar-refractivity contribution in [1.29, 1.82) is 0 Å². The van der Waals surface area contributed by atoms with Crippen molar-refractivity contribution in [2.24, 2.45) is 5.92 Å². The molecule has 20 heavy (non-hydrogen) atoms. The second-order valence-corrected chi connectivity index (χ2v) is 6.19. The van der Waals surface area contributed by atoms with Gasteiger partial charge in [0.1, 0.15) is 0 Å². The van der Waals surface area contributed by atoms with Crippen LogP contribution in [0.3, 0.4) is 0 Å². The zero-order chi connectivity index (χ0) is 13.9. The van der Waals surface area contributed by atoms with E-state index in [4.69, 9.17) is 5.73 Å². The van der Waals surface area contributed by atoms with Crippen LogP contribution in [-0.4, -0.2) is 12.5 Å². The van der Waals surface area contributed by atoms with E-state index in [1.54, 1.807) is 0 Å². The number of carbonyl (C=O) groups excluding carboxylic acids is 1. The van der Waals surface area contributed by atoms with Crippen molar-refractivity contribution in [2.75, 3.05) is 17.2 Å². The Bertz CT molecular complexity index is 492. The highest BCUT2D eigenvalue weighted by atomic mass is 16.2. The molecule has 0 radical (unpaired) electrons. The molecule has 0 bridgehead atoms. The maximum absolute atomic E-state index is 12.5. The fourth-order valence-electron chi connectivity index (χ4n) is 3.67. The molecular weight excluding hydrogens is 248 g/mol. The maximum Gasteiger partial charge on any atom is 0.227 e. The van der Waals surface area contributed by atoms with Gasteiger partial charge in [0, 0.05) is 13.0 Å². The van der Waals surface area contributed by atoms with Crippen LogP contribution in [0.5, 0.6) is 0 Å². The Morgan fingerprint density at radius 1 is 1.25 bits per heavy atom. The first-order chi connectivity index (χ1) is 9.75. The number of para-hydroxylation sites is 1. The molecule has 1 amide bonds. The van der Waals surface area contributed by atoms with Crippen LogP contribution >= 0.6 is 0 Å². The van der Waals surface area contributed by atoms with Crippen molar-refractivity contribution >= 4 is 17.3 Å². The van der Waals surface area contributed by atoms with Gasteiger partial charge < -0.3 is 10.6 Å². The van der Waals surface area contributed by atoms with Gasteiger partial charge in [0.15, 0.2) is 0 Å². The van der Waals surface area contributed by atoms with Gasteiger partial charge in [-0.15, -0.1) is 0 Å². The van der Waals surface area contributed by atoms with Gasteiger partial charge in [0.25, 0.3) is 0 Å². The van der Waals surface area contributed by atoms with Gasteiger partial charge in [-0.05, 0) is 30.4 Å². The third-order valence-corrected chi connectivity index (χ3v) is 4.82. The van der Waals surface area contributed by atoms with Crippen molar-refractivity contribution in [3.8, 4) is 0 Å². The number of amides is 1. The highest BCUT2D eigenvalue weighted by molar-refractivity contribution is 5.98. The molecule has 0 saturated heterocycles. The summed E-state index contributed by atoms with van der Waals surface area (Å²) in [5.74, 6) is 1.02. The summed E-state index contributed by atoms with van der Waals surface area (Å²) in [6.07, 6.45) is 9.36. The summed E-state index contributed by atoms with van der Waals surface area (Å²) in [7, 11) is 0. The predicted molar refractivity (Wildman–Crippen MR) is 82.7 cm³/mol. The van der Waals surface area contributed by atoms with Crippen LogP contribution < -0.4 is 10.6 Å². The fourth-order valence-corrected chi connectivity index (χ4v) is 3.67. The van der Waals surface area contributed by atoms with Gasteiger partial charge >= 0.3 is 0 Å². The first-order valence-corrected chi connectivity index (χ1v) is 7.93. The lowest BCUT2D eigenvalue weighted by Gasteiger charge is -2.23. The van der Waals surface area contributed by atoms with Crippen molar-refractivity contribution in [3.05, 3.63) is 23.8 Å². The minimum absolute atomic E-state index is 0.257. The zero-order valence-electron chi connectivity index (χ0n) is 12.1. The van der Waals surface area contributed by atoms with Crippen LogP contribution in [0.1, 0.15) is 50.5 Å². The van der Waals surface area contributed by atoms with E-state index < -0.39 is 0 Å². The van der Waals surface area contributed by atoms with Crippen LogP contribution in [0, 0.1) is 5.92 Å². The minimum atomic E-state index is 0.257. The van der Waals surface area contributed by atoms with Gasteiger partial charge in [-0.3, -0.25) is 4.79 Å². The number of benzene rings is 1. The molecule has 3 rings (SSSR count). The smallest absolute Gasteiger partial charge is 0.227 e. The molecule has 1 aliphatic heterocycles. The van der Waals surface area contributed by atoms with E-state index >= 15 is 0 Å². The van der Waals surface area contributed by atoms with E-state index in [-0.39, 0.29) is 5.91 Å². The number of hydrogen-bond donors (Lipinski definition) is 1. The summed E-state index contributed by atoms with van der Waals surface area (Å²) in [5, 5.41) is 0. The third kappa shape index (κ3) is 2.67. The SMILES string of the molecule is Nc1cccc2c1N(C(=O)CCC1CCCCC1)CC2. The Kier molecular flexibility index (Phi) is 3.95. The van der Waals surface area contributed by atoms with Crippen LogP contribution in [0.25, 0.3) is 0 Å². The lowest BCUT2D eigenvalue weighted by molar-refractivity contribution is -0.118. The molecule has 1 saturated carbocycles. The number of hydrogen-bond acceptors (Lipinski definition) is 2. The largest absolute Gasteiger partial charge is 0.397 e. The topological polar surface area (TPSA) is 46.3 Å². The summed E-state index contributed by atoms with van der Waals surface area (Å²) >= 11 is 0. The van der Waals surface area contributed by atoms with Crippen molar-refractivity contribution in [1.82, 2.24) is 0 Å². The van der Waals surface area contributed by atoms with E-state index in [0.29, 0.717) is 6.42 Å². The monoisotopic (exact) mass is 272 g/mol. The van der Waals surface area contributed by atoms with E-state index in [9.17, 15) is 4.79 Å². The van der Waals surface area contributed by atoms with E-state index in [1.165, 1.54) is 37.7 Å². The molecule has 0 aromatic heterocycles. The Balaban J connectivity index is 1.62. The first-order valence-electron chi connectivity index (χ1n) is 7.93. The number of carbonyl (C=O) groups is 1. The number of rotatable bonds is 3. The van der Waals surface area contributed by atoms with E-state index in [1.807, 2.05) is 17.0 Å². The summed E-state index contributed by atoms with van der Waals surface area (Å²) < 4.78 is 0. The van der Waals surface area contributed by atoms with Crippen LogP contribution in [0.2, 0.25) is 0 Å². The number of anilines is 2. The Morgan fingerprint density at radius 3 is 2.85 bits per heavy atom. The van der Waals surface area contributed by atoms with Crippen LogP contribution in [0.15, 0.2) is 18.2 Å². The molecule has 1 heterocycles. The van der Waals surface area contributed by atoms with E-state index in [0.717, 1.165) is 36.7 Å². The second-order valence-electron chi connectivity index (χ2n) is 6.19. The van der Waals surface area contributed by atoms with Crippen molar-refractivity contribution in [2.45, 2.75) is 51.4 Å². The number of nitrogens with zero attached hydrogens (tertiary/aromatic N) is 1. The predicted octanol–water partition coefficient (Wildman–Crippen LogP) is 3.52. The fraction of sp³-hybridized carbons (Fsp3) is 0.588. The van der Waals surface area contributed by atoms with Gasteiger partial charge in [-0.2, -0.15) is 0 Å². The number of nitrogen functional groups attached to an aromatic ring is 1. The molecule has 2 aliphatic rings. The molecule has 0 spiro atoms. The molecule has 0 atom stereocenters. The molecule has 1 aliphatic carbocycles. The second kappa shape index (κ2) is 5.86. The lowest BCUT2D eigenvalue weighted by atomic mass is 9.86. The molecule has 1 aromatic rings. The zero-order valence-corrected chi connectivity index (χ0v) is 12.1. The summed E-state index contributed by atoms with van der Waals surface area (Å²) in [6, 6.07) is 5.95. The first kappa shape index (κ1) is 13.5. The van der Waals surface area contributed by atoms with E-state index in [2.05, 4.69) is 6.07 Å². The quantitative estimate of drug-likeness (QED) is 0.856. The average molecular weight is 272 g/mol. The molecule has 3 heteroatoms. The standard InChI is InChI=1S/C17H24N2O/c18-15-8-4-7-14-11-12-19(17(14)15)16(20)10-9-13-5-2-1-3-6-13/h4,7-8,13H,1-3,5-6,9-12,18H2. The molecule has 2 N–H and O–H groups in total. The van der Waals surface area contributed by atoms with Gasteiger partial charge in [0.05, 0.1) is 11.4 Å². The Labute approximate surface area is 121 Å². The van der Waals surface area contributed by atoms with Crippen molar-refractivity contribution < 1.29 is 4.79 Å². The molecule has 1 aromatic carbocycles. The lowest BCUT2D eigenvalue weighted by Crippen LogP contribution is -2.29.